The first-order valence-electron chi connectivity index (χ1n) is 10.8. The Bertz CT molecular complexity index is 835. The summed E-state index contributed by atoms with van der Waals surface area (Å²) in [7, 11) is -3.37. The Morgan fingerprint density at radius 3 is 2.20 bits per heavy atom. The van der Waals surface area contributed by atoms with Crippen LogP contribution in [0.2, 0.25) is 0 Å². The van der Waals surface area contributed by atoms with Gasteiger partial charge in [-0.05, 0) is 62.1 Å². The van der Waals surface area contributed by atoms with Crippen molar-refractivity contribution in [3.8, 4) is 0 Å². The normalized spacial score (nSPS) is 20.1. The summed E-state index contributed by atoms with van der Waals surface area (Å²) < 4.78 is 27.6. The number of carbonyl (C=O) groups excluding carboxylic acids is 1. The number of rotatable bonds is 5. The Kier molecular flexibility index (Phi) is 6.49. The van der Waals surface area contributed by atoms with E-state index in [2.05, 4.69) is 31.1 Å². The lowest BCUT2D eigenvalue weighted by molar-refractivity contribution is 0.149. The molecule has 2 saturated heterocycles. The molecule has 0 unspecified atom stereocenters. The lowest BCUT2D eigenvalue weighted by atomic mass is 9.82. The Morgan fingerprint density at radius 1 is 1.10 bits per heavy atom. The Hall–Kier alpha value is -1.67. The molecule has 0 atom stereocenters. The zero-order valence-corrected chi connectivity index (χ0v) is 19.7. The fraction of sp³-hybridized carbons (Fsp3) is 0.727. The highest BCUT2D eigenvalue weighted by atomic mass is 32.2. The molecule has 7 nitrogen and oxygen atoms in total. The fourth-order valence-corrected chi connectivity index (χ4v) is 6.70. The van der Waals surface area contributed by atoms with Crippen molar-refractivity contribution in [2.24, 2.45) is 5.41 Å². The molecule has 1 aromatic rings. The SMILES string of the molecule is CC(C)(C)CC(C)(C)NC(=O)N1CC(S(=O)(=O)N2CCC(c3ccncc3)CC2)C1. The maximum atomic E-state index is 13.0. The van der Waals surface area contributed by atoms with Gasteiger partial charge in [0.2, 0.25) is 10.0 Å². The summed E-state index contributed by atoms with van der Waals surface area (Å²) in [5.74, 6) is 0.383. The highest BCUT2D eigenvalue weighted by Gasteiger charge is 2.44. The molecule has 1 N–H and O–H groups in total. The van der Waals surface area contributed by atoms with E-state index in [4.69, 9.17) is 0 Å². The van der Waals surface area contributed by atoms with Gasteiger partial charge in [-0.3, -0.25) is 4.98 Å². The first-order valence-corrected chi connectivity index (χ1v) is 12.3. The second-order valence-corrected chi connectivity index (χ2v) is 12.8. The van der Waals surface area contributed by atoms with Crippen LogP contribution in [0.1, 0.15) is 65.4 Å². The van der Waals surface area contributed by atoms with Crippen molar-refractivity contribution >= 4 is 16.1 Å². The van der Waals surface area contributed by atoms with E-state index in [0.717, 1.165) is 19.3 Å². The van der Waals surface area contributed by atoms with E-state index >= 15 is 0 Å². The molecule has 2 aliphatic rings. The topological polar surface area (TPSA) is 82.6 Å². The van der Waals surface area contributed by atoms with Gasteiger partial charge in [-0.15, -0.1) is 0 Å². The Labute approximate surface area is 181 Å². The predicted octanol–water partition coefficient (Wildman–Crippen LogP) is 3.20. The lowest BCUT2D eigenvalue weighted by Gasteiger charge is -2.44. The lowest BCUT2D eigenvalue weighted by Crippen LogP contribution is -2.64. The molecule has 3 rings (SSSR count). The van der Waals surface area contributed by atoms with Crippen LogP contribution in [-0.4, -0.2) is 65.6 Å². The summed E-state index contributed by atoms with van der Waals surface area (Å²) in [5, 5.41) is 2.57. The predicted molar refractivity (Wildman–Crippen MR) is 119 cm³/mol. The van der Waals surface area contributed by atoms with Gasteiger partial charge in [-0.25, -0.2) is 17.5 Å². The number of pyridine rings is 1. The molecule has 0 radical (unpaired) electrons. The fourth-order valence-electron chi connectivity index (χ4n) is 4.82. The Morgan fingerprint density at radius 2 is 1.67 bits per heavy atom. The van der Waals surface area contributed by atoms with Gasteiger partial charge in [-0.1, -0.05) is 20.8 Å². The highest BCUT2D eigenvalue weighted by molar-refractivity contribution is 7.89. The van der Waals surface area contributed by atoms with E-state index in [1.807, 2.05) is 26.0 Å². The van der Waals surface area contributed by atoms with E-state index < -0.39 is 15.3 Å². The average molecular weight is 437 g/mol. The van der Waals surface area contributed by atoms with Crippen LogP contribution in [0.5, 0.6) is 0 Å². The molecular weight excluding hydrogens is 400 g/mol. The van der Waals surface area contributed by atoms with E-state index in [-0.39, 0.29) is 30.1 Å². The van der Waals surface area contributed by atoms with E-state index in [1.165, 1.54) is 5.56 Å². The highest BCUT2D eigenvalue weighted by Crippen LogP contribution is 2.31. The van der Waals surface area contributed by atoms with Crippen molar-refractivity contribution in [1.29, 1.82) is 0 Å². The van der Waals surface area contributed by atoms with Gasteiger partial charge in [0, 0.05) is 44.1 Å². The number of likely N-dealkylation sites (tertiary alicyclic amines) is 1. The van der Waals surface area contributed by atoms with Crippen LogP contribution >= 0.6 is 0 Å². The van der Waals surface area contributed by atoms with Crippen LogP contribution in [0.15, 0.2) is 24.5 Å². The summed E-state index contributed by atoms with van der Waals surface area (Å²) in [6.45, 7) is 12.1. The van der Waals surface area contributed by atoms with Gasteiger partial charge in [0.25, 0.3) is 0 Å². The minimum Gasteiger partial charge on any atom is -0.333 e. The van der Waals surface area contributed by atoms with Gasteiger partial charge in [0.15, 0.2) is 0 Å². The third-order valence-electron chi connectivity index (χ3n) is 5.97. The molecule has 0 aromatic carbocycles. The van der Waals surface area contributed by atoms with Crippen LogP contribution in [0.4, 0.5) is 4.79 Å². The third-order valence-corrected chi connectivity index (χ3v) is 8.19. The minimum atomic E-state index is -3.37. The van der Waals surface area contributed by atoms with Gasteiger partial charge in [0.1, 0.15) is 5.25 Å². The number of piperidine rings is 1. The number of nitrogens with zero attached hydrogens (tertiary/aromatic N) is 3. The largest absolute Gasteiger partial charge is 0.333 e. The average Bonchev–Trinajstić information content (AvgIpc) is 2.58. The zero-order valence-electron chi connectivity index (χ0n) is 18.9. The first kappa shape index (κ1) is 23.0. The number of hydrogen-bond donors (Lipinski definition) is 1. The van der Waals surface area contributed by atoms with Crippen LogP contribution in [0, 0.1) is 5.41 Å². The number of urea groups is 1. The van der Waals surface area contributed by atoms with E-state index in [9.17, 15) is 13.2 Å². The molecule has 168 valence electrons. The number of amides is 2. The molecule has 0 saturated carbocycles. The summed E-state index contributed by atoms with van der Waals surface area (Å²) in [4.78, 5) is 18.2. The number of carbonyl (C=O) groups is 1. The van der Waals surface area contributed by atoms with Crippen LogP contribution in [0.25, 0.3) is 0 Å². The molecule has 3 heterocycles. The standard InChI is InChI=1S/C22H36N4O3S/c1-21(2,3)16-22(4,5)24-20(27)25-14-19(15-25)30(28,29)26-12-8-18(9-13-26)17-6-10-23-11-7-17/h6-7,10-11,18-19H,8-9,12-16H2,1-5H3,(H,24,27). The second kappa shape index (κ2) is 8.46. The molecular formula is C22H36N4O3S. The molecule has 2 aliphatic heterocycles. The van der Waals surface area contributed by atoms with Gasteiger partial charge < -0.3 is 10.2 Å². The Balaban J connectivity index is 1.49. The summed E-state index contributed by atoms with van der Waals surface area (Å²) >= 11 is 0. The molecule has 1 aromatic heterocycles. The maximum Gasteiger partial charge on any atom is 0.317 e. The maximum absolute atomic E-state index is 13.0. The molecule has 0 aliphatic carbocycles. The molecule has 8 heteroatoms. The van der Waals surface area contributed by atoms with Crippen molar-refractivity contribution in [2.75, 3.05) is 26.2 Å². The van der Waals surface area contributed by atoms with Crippen molar-refractivity contribution in [3.63, 3.8) is 0 Å². The minimum absolute atomic E-state index is 0.0972. The summed E-state index contributed by atoms with van der Waals surface area (Å²) in [6, 6.07) is 3.85. The molecule has 0 bridgehead atoms. The van der Waals surface area contributed by atoms with E-state index in [0.29, 0.717) is 19.0 Å². The summed E-state index contributed by atoms with van der Waals surface area (Å²) in [5.41, 5.74) is 0.986. The monoisotopic (exact) mass is 436 g/mol. The number of aromatic nitrogens is 1. The summed E-state index contributed by atoms with van der Waals surface area (Å²) in [6.07, 6.45) is 6.06. The second-order valence-electron chi connectivity index (χ2n) is 10.6. The molecule has 0 spiro atoms. The van der Waals surface area contributed by atoms with E-state index in [1.54, 1.807) is 21.6 Å². The first-order chi connectivity index (χ1) is 13.9. The number of sulfonamides is 1. The quantitative estimate of drug-likeness (QED) is 0.768. The van der Waals surface area contributed by atoms with Gasteiger partial charge >= 0.3 is 6.03 Å². The molecule has 2 amide bonds. The zero-order chi connectivity index (χ0) is 22.2. The van der Waals surface area contributed by atoms with Crippen LogP contribution in [0.3, 0.4) is 0 Å². The van der Waals surface area contributed by atoms with Gasteiger partial charge in [-0.2, -0.15) is 0 Å². The van der Waals surface area contributed by atoms with Crippen LogP contribution in [-0.2, 0) is 10.0 Å². The number of nitrogens with one attached hydrogen (secondary N) is 1. The molecule has 30 heavy (non-hydrogen) atoms. The van der Waals surface area contributed by atoms with Gasteiger partial charge in [0.05, 0.1) is 0 Å². The van der Waals surface area contributed by atoms with Crippen molar-refractivity contribution in [2.45, 2.75) is 70.6 Å². The van der Waals surface area contributed by atoms with Crippen molar-refractivity contribution in [3.05, 3.63) is 30.1 Å². The van der Waals surface area contributed by atoms with Crippen molar-refractivity contribution < 1.29 is 13.2 Å². The van der Waals surface area contributed by atoms with Crippen molar-refractivity contribution in [1.82, 2.24) is 19.5 Å². The number of hydrogen-bond acceptors (Lipinski definition) is 4. The third kappa shape index (κ3) is 5.52. The molecule has 2 fully saturated rings. The van der Waals surface area contributed by atoms with Crippen LogP contribution < -0.4 is 5.32 Å². The smallest absolute Gasteiger partial charge is 0.317 e.